The highest BCUT2D eigenvalue weighted by Gasteiger charge is 2.04. The third-order valence-corrected chi connectivity index (χ3v) is 2.93. The van der Waals surface area contributed by atoms with Gasteiger partial charge in [-0.25, -0.2) is 4.98 Å². The van der Waals surface area contributed by atoms with Gasteiger partial charge < -0.3 is 4.98 Å². The number of aromatic amines is 1. The highest BCUT2D eigenvalue weighted by atomic mass is 14.9. The Hall–Kier alpha value is -1.83. The molecule has 1 aromatic heterocycles. The van der Waals surface area contributed by atoms with Crippen LogP contribution in [0.5, 0.6) is 0 Å². The molecule has 0 unspecified atom stereocenters. The number of imidazole rings is 1. The van der Waals surface area contributed by atoms with Crippen molar-refractivity contribution in [1.82, 2.24) is 9.97 Å². The van der Waals surface area contributed by atoms with E-state index in [-0.39, 0.29) is 1.43 Å². The van der Waals surface area contributed by atoms with Crippen LogP contribution in [-0.4, -0.2) is 9.97 Å². The number of benzene rings is 1. The predicted octanol–water partition coefficient (Wildman–Crippen LogP) is 7.32. The number of aryl methyl sites for hydroxylation is 1. The fraction of sp³-hybridized carbons (Fsp3) is 0.476. The zero-order valence-electron chi connectivity index (χ0n) is 16.0. The van der Waals surface area contributed by atoms with Gasteiger partial charge in [-0.3, -0.25) is 0 Å². The Kier molecular flexibility index (Phi) is 11.7. The fourth-order valence-corrected chi connectivity index (χ4v) is 2.14. The number of H-pyrrole nitrogens is 1. The first-order valence-corrected chi connectivity index (χ1v) is 9.08. The van der Waals surface area contributed by atoms with E-state index in [2.05, 4.69) is 60.2 Å². The first-order chi connectivity index (χ1) is 11.2. The maximum absolute atomic E-state index is 4.41. The molecule has 2 aromatic rings. The Balaban J connectivity index is 0. The number of aromatic nitrogens is 2. The molecule has 0 spiro atoms. The van der Waals surface area contributed by atoms with Gasteiger partial charge in [-0.15, -0.1) is 0 Å². The van der Waals surface area contributed by atoms with Crippen LogP contribution in [0.1, 0.15) is 73.6 Å². The van der Waals surface area contributed by atoms with Gasteiger partial charge in [0, 0.05) is 1.43 Å². The molecule has 2 nitrogen and oxygen atoms in total. The summed E-state index contributed by atoms with van der Waals surface area (Å²) in [5, 5.41) is 0. The third-order valence-electron chi connectivity index (χ3n) is 2.93. The molecule has 0 radical (unpaired) electrons. The van der Waals surface area contributed by atoms with Crippen molar-refractivity contribution in [1.29, 1.82) is 0 Å². The highest BCUT2D eigenvalue weighted by Crippen LogP contribution is 2.24. The summed E-state index contributed by atoms with van der Waals surface area (Å²) >= 11 is 0. The van der Waals surface area contributed by atoms with Crippen LogP contribution >= 0.6 is 0 Å². The Morgan fingerprint density at radius 2 is 1.74 bits per heavy atom. The molecule has 1 aromatic carbocycles. The second kappa shape index (κ2) is 12.7. The number of hydrogen-bond donors (Lipinski definition) is 1. The van der Waals surface area contributed by atoms with Crippen LogP contribution in [0, 0.1) is 6.92 Å². The molecular weight excluding hydrogens is 280 g/mol. The zero-order valence-corrected chi connectivity index (χ0v) is 16.0. The molecule has 130 valence electrons. The van der Waals surface area contributed by atoms with E-state index < -0.39 is 0 Å². The van der Waals surface area contributed by atoms with Crippen LogP contribution in [0.4, 0.5) is 0 Å². The Bertz CT molecular complexity index is 609. The molecule has 1 aliphatic rings. The third kappa shape index (κ3) is 6.85. The van der Waals surface area contributed by atoms with E-state index in [4.69, 9.17) is 0 Å². The van der Waals surface area contributed by atoms with Crippen molar-refractivity contribution in [2.75, 3.05) is 0 Å². The van der Waals surface area contributed by atoms with Crippen molar-refractivity contribution in [3.63, 3.8) is 0 Å². The van der Waals surface area contributed by atoms with Crippen molar-refractivity contribution in [2.45, 2.75) is 67.7 Å². The van der Waals surface area contributed by atoms with Gasteiger partial charge in [0.15, 0.2) is 0 Å². The molecule has 0 saturated heterocycles. The standard InChI is InChI=1S/C14H14N2.C3H8.2C2H6.H2/c1-10-15-13-8-7-12(9-14(13)16-10)11-5-3-2-4-6-11;1-3-2;2*1-2;/h3,5-9H,2,4H2,1H3,(H,15,16);3H2,1-2H3;2*1-2H3;1H. The van der Waals surface area contributed by atoms with Crippen molar-refractivity contribution in [2.24, 2.45) is 0 Å². The number of rotatable bonds is 1. The van der Waals surface area contributed by atoms with E-state index in [1.807, 2.05) is 34.6 Å². The van der Waals surface area contributed by atoms with E-state index in [0.29, 0.717) is 0 Å². The summed E-state index contributed by atoms with van der Waals surface area (Å²) in [6.07, 6.45) is 10.3. The first kappa shape index (κ1) is 21.2. The number of nitrogens with zero attached hydrogens (tertiary/aromatic N) is 1. The molecule has 2 heteroatoms. The average molecular weight is 317 g/mol. The van der Waals surface area contributed by atoms with Crippen LogP contribution in [0.3, 0.4) is 0 Å². The van der Waals surface area contributed by atoms with E-state index in [1.54, 1.807) is 0 Å². The van der Waals surface area contributed by atoms with Crippen LogP contribution < -0.4 is 0 Å². The summed E-state index contributed by atoms with van der Waals surface area (Å²) < 4.78 is 0. The van der Waals surface area contributed by atoms with E-state index in [1.165, 1.54) is 17.6 Å². The van der Waals surface area contributed by atoms with Crippen LogP contribution in [0.2, 0.25) is 0 Å². The lowest BCUT2D eigenvalue weighted by atomic mass is 9.99. The second-order valence-corrected chi connectivity index (χ2v) is 4.90. The maximum atomic E-state index is 4.41. The monoisotopic (exact) mass is 316 g/mol. The fourth-order valence-electron chi connectivity index (χ4n) is 2.14. The minimum absolute atomic E-state index is 0. The quantitative estimate of drug-likeness (QED) is 0.586. The van der Waals surface area contributed by atoms with Gasteiger partial charge in [0.2, 0.25) is 0 Å². The van der Waals surface area contributed by atoms with Gasteiger partial charge in [0.05, 0.1) is 11.0 Å². The van der Waals surface area contributed by atoms with Gasteiger partial charge in [-0.1, -0.05) is 72.3 Å². The SMILES string of the molecule is CC.CC.CCC.Cc1nc2ccc(C3=CCCC=C3)cc2[nH]1.[HH]. The molecule has 0 aliphatic heterocycles. The highest BCUT2D eigenvalue weighted by molar-refractivity contribution is 5.83. The van der Waals surface area contributed by atoms with Crippen molar-refractivity contribution < 1.29 is 1.43 Å². The molecule has 23 heavy (non-hydrogen) atoms. The molecule has 1 heterocycles. The zero-order chi connectivity index (χ0) is 17.7. The summed E-state index contributed by atoms with van der Waals surface area (Å²) in [7, 11) is 0. The molecule has 1 N–H and O–H groups in total. The Morgan fingerprint density at radius 3 is 2.30 bits per heavy atom. The summed E-state index contributed by atoms with van der Waals surface area (Å²) in [5.41, 5.74) is 4.75. The lowest BCUT2D eigenvalue weighted by Gasteiger charge is -2.06. The van der Waals surface area contributed by atoms with Crippen molar-refractivity contribution >= 4 is 16.6 Å². The van der Waals surface area contributed by atoms with Crippen LogP contribution in [0.25, 0.3) is 16.6 Å². The van der Waals surface area contributed by atoms with Gasteiger partial charge in [-0.2, -0.15) is 0 Å². The summed E-state index contributed by atoms with van der Waals surface area (Å²) in [4.78, 5) is 7.68. The number of hydrogen-bond acceptors (Lipinski definition) is 1. The number of fused-ring (bicyclic) bond motifs is 1. The molecule has 0 saturated carbocycles. The maximum Gasteiger partial charge on any atom is 0.104 e. The van der Waals surface area contributed by atoms with Gasteiger partial charge in [-0.05, 0) is 43.0 Å². The normalized spacial score (nSPS) is 12.0. The predicted molar refractivity (Wildman–Crippen MR) is 108 cm³/mol. The summed E-state index contributed by atoms with van der Waals surface area (Å²) in [5.74, 6) is 0.973. The van der Waals surface area contributed by atoms with E-state index >= 15 is 0 Å². The molecule has 3 rings (SSSR count). The van der Waals surface area contributed by atoms with Gasteiger partial charge in [0.25, 0.3) is 0 Å². The molecule has 1 aliphatic carbocycles. The van der Waals surface area contributed by atoms with Crippen LogP contribution in [0.15, 0.2) is 36.4 Å². The van der Waals surface area contributed by atoms with Gasteiger partial charge in [0.1, 0.15) is 5.82 Å². The Labute approximate surface area is 144 Å². The Morgan fingerprint density at radius 1 is 1.09 bits per heavy atom. The van der Waals surface area contributed by atoms with Gasteiger partial charge >= 0.3 is 0 Å². The molecule has 0 bridgehead atoms. The van der Waals surface area contributed by atoms with Crippen molar-refractivity contribution in [3.8, 4) is 0 Å². The molecule has 0 fully saturated rings. The minimum Gasteiger partial charge on any atom is -0.342 e. The summed E-state index contributed by atoms with van der Waals surface area (Å²) in [6.45, 7) is 14.2. The minimum atomic E-state index is 0. The second-order valence-electron chi connectivity index (χ2n) is 4.90. The number of allylic oxidation sites excluding steroid dienone is 4. The first-order valence-electron chi connectivity index (χ1n) is 9.08. The largest absolute Gasteiger partial charge is 0.342 e. The smallest absolute Gasteiger partial charge is 0.104 e. The molecule has 0 atom stereocenters. The van der Waals surface area contributed by atoms with E-state index in [0.717, 1.165) is 29.7 Å². The average Bonchev–Trinajstić information content (AvgIpc) is 2.99. The van der Waals surface area contributed by atoms with E-state index in [9.17, 15) is 0 Å². The molecular formula is C21H36N2. The lowest BCUT2D eigenvalue weighted by molar-refractivity contribution is 1.04. The lowest BCUT2D eigenvalue weighted by Crippen LogP contribution is -1.85. The number of nitrogens with one attached hydrogen (secondary N) is 1. The van der Waals surface area contributed by atoms with Crippen molar-refractivity contribution in [3.05, 3.63) is 47.8 Å². The summed E-state index contributed by atoms with van der Waals surface area (Å²) in [6, 6.07) is 6.40. The molecule has 0 amide bonds. The topological polar surface area (TPSA) is 28.7 Å². The van der Waals surface area contributed by atoms with Crippen LogP contribution in [-0.2, 0) is 0 Å².